The van der Waals surface area contributed by atoms with Gasteiger partial charge in [0.25, 0.3) is 5.56 Å². The first-order chi connectivity index (χ1) is 9.65. The summed E-state index contributed by atoms with van der Waals surface area (Å²) in [7, 11) is 0. The zero-order valence-corrected chi connectivity index (χ0v) is 11.3. The molecule has 3 heterocycles. The largest absolute Gasteiger partial charge is 0.369 e. The molecule has 1 saturated heterocycles. The highest BCUT2D eigenvalue weighted by Crippen LogP contribution is 2.28. The highest BCUT2D eigenvalue weighted by molar-refractivity contribution is 6.32. The molecule has 7 nitrogen and oxygen atoms in total. The molecule has 0 radical (unpaired) electrons. The molecule has 3 rings (SSSR count). The lowest BCUT2D eigenvalue weighted by atomic mass is 10.2. The van der Waals surface area contributed by atoms with Crippen molar-refractivity contribution in [3.8, 4) is 11.3 Å². The van der Waals surface area contributed by atoms with Crippen LogP contribution in [0, 0.1) is 0 Å². The van der Waals surface area contributed by atoms with E-state index in [0.717, 1.165) is 31.6 Å². The van der Waals surface area contributed by atoms with Crippen LogP contribution in [0.5, 0.6) is 0 Å². The molecule has 8 heteroatoms. The van der Waals surface area contributed by atoms with E-state index in [9.17, 15) is 9.59 Å². The predicted molar refractivity (Wildman–Crippen MR) is 75.2 cm³/mol. The Bertz CT molecular complexity index is 748. The molecule has 0 spiro atoms. The van der Waals surface area contributed by atoms with Crippen LogP contribution < -0.4 is 16.1 Å². The van der Waals surface area contributed by atoms with E-state index in [0.29, 0.717) is 10.8 Å². The summed E-state index contributed by atoms with van der Waals surface area (Å²) in [6, 6.07) is 1.73. The van der Waals surface area contributed by atoms with Crippen molar-refractivity contribution in [2.45, 2.75) is 12.8 Å². The van der Waals surface area contributed by atoms with Crippen molar-refractivity contribution in [2.24, 2.45) is 0 Å². The number of H-pyrrole nitrogens is 2. The Morgan fingerprint density at radius 1 is 1.20 bits per heavy atom. The number of anilines is 1. The Kier molecular flexibility index (Phi) is 3.27. The molecule has 20 heavy (non-hydrogen) atoms. The Balaban J connectivity index is 2.08. The predicted octanol–water partition coefficient (Wildman–Crippen LogP) is 0.774. The van der Waals surface area contributed by atoms with E-state index >= 15 is 0 Å². The van der Waals surface area contributed by atoms with Crippen molar-refractivity contribution < 1.29 is 0 Å². The monoisotopic (exact) mass is 293 g/mol. The molecular formula is C12H12ClN5O2. The molecule has 0 aliphatic carbocycles. The first kappa shape index (κ1) is 12.9. The molecule has 2 aromatic heterocycles. The molecule has 104 valence electrons. The van der Waals surface area contributed by atoms with Crippen LogP contribution in [0.4, 0.5) is 5.69 Å². The first-order valence-corrected chi connectivity index (χ1v) is 6.63. The van der Waals surface area contributed by atoms with Gasteiger partial charge in [-0.1, -0.05) is 11.6 Å². The van der Waals surface area contributed by atoms with E-state index in [1.165, 1.54) is 6.20 Å². The van der Waals surface area contributed by atoms with Gasteiger partial charge in [0.15, 0.2) is 5.15 Å². The van der Waals surface area contributed by atoms with Gasteiger partial charge in [-0.05, 0) is 18.9 Å². The third kappa shape index (κ3) is 2.32. The van der Waals surface area contributed by atoms with Gasteiger partial charge >= 0.3 is 5.69 Å². The van der Waals surface area contributed by atoms with Gasteiger partial charge in [-0.2, -0.15) is 0 Å². The Labute approximate surface area is 118 Å². The third-order valence-corrected chi connectivity index (χ3v) is 3.54. The van der Waals surface area contributed by atoms with Crippen molar-refractivity contribution in [1.29, 1.82) is 0 Å². The van der Waals surface area contributed by atoms with Gasteiger partial charge in [0.05, 0.1) is 11.3 Å². The maximum Gasteiger partial charge on any atom is 0.325 e. The summed E-state index contributed by atoms with van der Waals surface area (Å²) in [5, 5.41) is 8.13. The molecule has 0 saturated carbocycles. The van der Waals surface area contributed by atoms with Crippen molar-refractivity contribution in [1.82, 2.24) is 20.2 Å². The second kappa shape index (κ2) is 5.09. The van der Waals surface area contributed by atoms with Crippen LogP contribution in [0.3, 0.4) is 0 Å². The van der Waals surface area contributed by atoms with Gasteiger partial charge in [-0.3, -0.25) is 9.78 Å². The maximum atomic E-state index is 11.8. The van der Waals surface area contributed by atoms with Crippen LogP contribution in [0.25, 0.3) is 11.3 Å². The van der Waals surface area contributed by atoms with Crippen LogP contribution in [-0.2, 0) is 0 Å². The Morgan fingerprint density at radius 3 is 2.65 bits per heavy atom. The highest BCUT2D eigenvalue weighted by Gasteiger charge is 2.18. The van der Waals surface area contributed by atoms with Crippen molar-refractivity contribution in [3.05, 3.63) is 38.3 Å². The van der Waals surface area contributed by atoms with Crippen molar-refractivity contribution in [2.75, 3.05) is 18.0 Å². The molecular weight excluding hydrogens is 282 g/mol. The van der Waals surface area contributed by atoms with E-state index in [1.807, 2.05) is 0 Å². The average molecular weight is 294 g/mol. The number of nitrogens with one attached hydrogen (secondary N) is 2. The number of aromatic nitrogens is 4. The standard InChI is InChI=1S/C12H12ClN5O2/c13-10-9(18-3-1-2-4-18)5-8(16-17-10)7-6-14-12(20)15-11(7)19/h5-6H,1-4H2,(H2,14,15,19,20). The summed E-state index contributed by atoms with van der Waals surface area (Å²) in [5.41, 5.74) is 0.348. The average Bonchev–Trinajstić information content (AvgIpc) is 2.93. The lowest BCUT2D eigenvalue weighted by Crippen LogP contribution is -2.23. The molecule has 2 N–H and O–H groups in total. The minimum atomic E-state index is -0.555. The summed E-state index contributed by atoms with van der Waals surface area (Å²) in [5.74, 6) is 0. The number of aromatic amines is 2. The van der Waals surface area contributed by atoms with E-state index < -0.39 is 11.2 Å². The molecule has 0 aromatic carbocycles. The van der Waals surface area contributed by atoms with Crippen molar-refractivity contribution in [3.63, 3.8) is 0 Å². The zero-order chi connectivity index (χ0) is 14.1. The first-order valence-electron chi connectivity index (χ1n) is 6.26. The van der Waals surface area contributed by atoms with E-state index in [-0.39, 0.29) is 5.56 Å². The zero-order valence-electron chi connectivity index (χ0n) is 10.5. The fourth-order valence-corrected chi connectivity index (χ4v) is 2.49. The van der Waals surface area contributed by atoms with Crippen LogP contribution in [0.2, 0.25) is 5.15 Å². The number of hydrogen-bond donors (Lipinski definition) is 2. The molecule has 0 atom stereocenters. The van der Waals surface area contributed by atoms with Gasteiger partial charge in [-0.15, -0.1) is 10.2 Å². The van der Waals surface area contributed by atoms with Gasteiger partial charge < -0.3 is 9.88 Å². The quantitative estimate of drug-likeness (QED) is 0.853. The molecule has 0 amide bonds. The van der Waals surface area contributed by atoms with E-state index in [1.54, 1.807) is 6.07 Å². The lowest BCUT2D eigenvalue weighted by molar-refractivity contribution is 0.936. The summed E-state index contributed by atoms with van der Waals surface area (Å²) >= 11 is 6.07. The van der Waals surface area contributed by atoms with Crippen LogP contribution in [0.15, 0.2) is 21.9 Å². The maximum absolute atomic E-state index is 11.8. The Morgan fingerprint density at radius 2 is 1.95 bits per heavy atom. The van der Waals surface area contributed by atoms with Gasteiger partial charge in [-0.25, -0.2) is 4.79 Å². The van der Waals surface area contributed by atoms with Crippen LogP contribution >= 0.6 is 11.6 Å². The summed E-state index contributed by atoms with van der Waals surface area (Å²) < 4.78 is 0. The second-order valence-electron chi connectivity index (χ2n) is 4.59. The third-order valence-electron chi connectivity index (χ3n) is 3.27. The molecule has 0 bridgehead atoms. The van der Waals surface area contributed by atoms with E-state index in [4.69, 9.17) is 11.6 Å². The molecule has 0 unspecified atom stereocenters. The molecule has 1 aliphatic heterocycles. The summed E-state index contributed by atoms with van der Waals surface area (Å²) in [4.78, 5) is 29.5. The normalized spacial score (nSPS) is 14.8. The van der Waals surface area contributed by atoms with E-state index in [2.05, 4.69) is 25.1 Å². The fraction of sp³-hybridized carbons (Fsp3) is 0.333. The van der Waals surface area contributed by atoms with Gasteiger partial charge in [0.1, 0.15) is 5.69 Å². The summed E-state index contributed by atoms with van der Waals surface area (Å²) in [6.07, 6.45) is 3.54. The highest BCUT2D eigenvalue weighted by atomic mass is 35.5. The van der Waals surface area contributed by atoms with Gasteiger partial charge in [0, 0.05) is 19.3 Å². The fourth-order valence-electron chi connectivity index (χ4n) is 2.28. The van der Waals surface area contributed by atoms with Crippen LogP contribution in [-0.4, -0.2) is 33.3 Å². The number of halogens is 1. The van der Waals surface area contributed by atoms with Crippen LogP contribution in [0.1, 0.15) is 12.8 Å². The lowest BCUT2D eigenvalue weighted by Gasteiger charge is -2.18. The smallest absolute Gasteiger partial charge is 0.325 e. The molecule has 1 aliphatic rings. The topological polar surface area (TPSA) is 94.7 Å². The minimum Gasteiger partial charge on any atom is -0.369 e. The molecule has 1 fully saturated rings. The minimum absolute atomic E-state index is 0.259. The SMILES string of the molecule is O=c1[nH]cc(-c2cc(N3CCCC3)c(Cl)nn2)c(=O)[nH]1. The summed E-state index contributed by atoms with van der Waals surface area (Å²) in [6.45, 7) is 1.82. The van der Waals surface area contributed by atoms with Crippen molar-refractivity contribution >= 4 is 17.3 Å². The number of nitrogens with zero attached hydrogens (tertiary/aromatic N) is 3. The number of hydrogen-bond acceptors (Lipinski definition) is 5. The second-order valence-corrected chi connectivity index (χ2v) is 4.94. The Hall–Kier alpha value is -2.15. The molecule has 2 aromatic rings. The van der Waals surface area contributed by atoms with Gasteiger partial charge in [0.2, 0.25) is 0 Å². The number of rotatable bonds is 2.